The molecular weight excluding hydrogens is 204 g/mol. The molecule has 1 unspecified atom stereocenters. The maximum atomic E-state index is 9.55. The Hall–Kier alpha value is -1.62. The molecule has 1 fully saturated rings. The number of nitrogens with zero attached hydrogens (tertiary/aromatic N) is 4. The molecular formula is C11H14N4O. The normalized spacial score (nSPS) is 20.9. The van der Waals surface area contributed by atoms with Crippen LogP contribution < -0.4 is 4.90 Å². The fraction of sp³-hybridized carbons (Fsp3) is 0.455. The fourth-order valence-corrected chi connectivity index (χ4v) is 2.21. The van der Waals surface area contributed by atoms with Gasteiger partial charge in [-0.15, -0.1) is 0 Å². The van der Waals surface area contributed by atoms with Gasteiger partial charge in [-0.3, -0.25) is 0 Å². The fourth-order valence-electron chi connectivity index (χ4n) is 2.21. The van der Waals surface area contributed by atoms with Gasteiger partial charge in [-0.1, -0.05) is 0 Å². The van der Waals surface area contributed by atoms with E-state index >= 15 is 0 Å². The zero-order chi connectivity index (χ0) is 11.1. The molecule has 1 saturated heterocycles. The first-order valence-corrected chi connectivity index (χ1v) is 5.48. The van der Waals surface area contributed by atoms with Gasteiger partial charge < -0.3 is 10.0 Å². The van der Waals surface area contributed by atoms with Gasteiger partial charge in [0, 0.05) is 25.5 Å². The summed E-state index contributed by atoms with van der Waals surface area (Å²) in [6.07, 6.45) is 4.18. The number of aliphatic hydroxyl groups excluding tert-OH is 1. The second kappa shape index (κ2) is 3.45. The lowest BCUT2D eigenvalue weighted by Gasteiger charge is -2.16. The van der Waals surface area contributed by atoms with Gasteiger partial charge in [0.15, 0.2) is 5.82 Å². The summed E-state index contributed by atoms with van der Waals surface area (Å²) in [4.78, 5) is 6.50. The Balaban J connectivity index is 2.09. The minimum Gasteiger partial charge on any atom is -0.391 e. The van der Waals surface area contributed by atoms with Crippen LogP contribution in [-0.4, -0.2) is 38.9 Å². The van der Waals surface area contributed by atoms with E-state index in [9.17, 15) is 5.11 Å². The first-order chi connectivity index (χ1) is 7.74. The lowest BCUT2D eigenvalue weighted by molar-refractivity contribution is 0.198. The monoisotopic (exact) mass is 218 g/mol. The number of aryl methyl sites for hydroxylation is 1. The molecule has 3 heterocycles. The van der Waals surface area contributed by atoms with E-state index in [2.05, 4.69) is 15.0 Å². The molecule has 1 aliphatic rings. The van der Waals surface area contributed by atoms with Crippen molar-refractivity contribution in [1.82, 2.24) is 14.6 Å². The van der Waals surface area contributed by atoms with Crippen molar-refractivity contribution < 1.29 is 5.11 Å². The van der Waals surface area contributed by atoms with Crippen molar-refractivity contribution in [1.29, 1.82) is 0 Å². The van der Waals surface area contributed by atoms with Crippen LogP contribution in [0.15, 0.2) is 18.5 Å². The van der Waals surface area contributed by atoms with E-state index in [0.717, 1.165) is 30.0 Å². The second-order valence-electron chi connectivity index (χ2n) is 4.25. The highest BCUT2D eigenvalue weighted by Crippen LogP contribution is 2.23. The van der Waals surface area contributed by atoms with E-state index in [1.807, 2.05) is 23.7 Å². The molecule has 1 aliphatic heterocycles. The molecule has 0 radical (unpaired) electrons. The summed E-state index contributed by atoms with van der Waals surface area (Å²) in [5.74, 6) is 0.916. The highest BCUT2D eigenvalue weighted by atomic mass is 16.3. The summed E-state index contributed by atoms with van der Waals surface area (Å²) in [5.41, 5.74) is 1.99. The van der Waals surface area contributed by atoms with Crippen molar-refractivity contribution in [3.63, 3.8) is 0 Å². The Kier molecular flexibility index (Phi) is 2.07. The lowest BCUT2D eigenvalue weighted by atomic mass is 10.3. The number of hydrogen-bond acceptors (Lipinski definition) is 4. The topological polar surface area (TPSA) is 53.7 Å². The Morgan fingerprint density at radius 2 is 2.38 bits per heavy atom. The average molecular weight is 218 g/mol. The van der Waals surface area contributed by atoms with Gasteiger partial charge in [-0.2, -0.15) is 5.10 Å². The zero-order valence-electron chi connectivity index (χ0n) is 9.17. The number of β-amino-alcohol motifs (C(OH)–C–C–N with tert-alkyl or cyclic N) is 1. The number of rotatable bonds is 1. The van der Waals surface area contributed by atoms with Crippen molar-refractivity contribution in [3.05, 3.63) is 24.2 Å². The van der Waals surface area contributed by atoms with Crippen LogP contribution in [0.3, 0.4) is 0 Å². The van der Waals surface area contributed by atoms with Gasteiger partial charge in [0.2, 0.25) is 0 Å². The minimum absolute atomic E-state index is 0.230. The van der Waals surface area contributed by atoms with Crippen molar-refractivity contribution >= 4 is 11.3 Å². The summed E-state index contributed by atoms with van der Waals surface area (Å²) in [6, 6.07) is 2.02. The molecule has 1 atom stereocenters. The number of fused-ring (bicyclic) bond motifs is 1. The van der Waals surface area contributed by atoms with Crippen molar-refractivity contribution in [2.75, 3.05) is 18.0 Å². The molecule has 0 amide bonds. The number of anilines is 1. The smallest absolute Gasteiger partial charge is 0.154 e. The van der Waals surface area contributed by atoms with Crippen molar-refractivity contribution in [2.24, 2.45) is 0 Å². The number of aliphatic hydroxyl groups is 1. The Bertz CT molecular complexity index is 522. The third-order valence-corrected chi connectivity index (χ3v) is 2.95. The van der Waals surface area contributed by atoms with Gasteiger partial charge >= 0.3 is 0 Å². The third-order valence-electron chi connectivity index (χ3n) is 2.95. The molecule has 16 heavy (non-hydrogen) atoms. The standard InChI is InChI=1S/C11H14N4O/c1-8-6-10-11(12-3-5-15(10)13-8)14-4-2-9(16)7-14/h3,5-6,9,16H,2,4,7H2,1H3. The van der Waals surface area contributed by atoms with Crippen LogP contribution in [-0.2, 0) is 0 Å². The molecule has 2 aromatic heterocycles. The summed E-state index contributed by atoms with van der Waals surface area (Å²) in [7, 11) is 0. The molecule has 5 heteroatoms. The highest BCUT2D eigenvalue weighted by Gasteiger charge is 2.23. The second-order valence-corrected chi connectivity index (χ2v) is 4.25. The SMILES string of the molecule is Cc1cc2c(N3CCC(O)C3)nccn2n1. The van der Waals surface area contributed by atoms with Crippen molar-refractivity contribution in [3.8, 4) is 0 Å². The van der Waals surface area contributed by atoms with E-state index in [-0.39, 0.29) is 6.10 Å². The highest BCUT2D eigenvalue weighted by molar-refractivity contribution is 5.69. The minimum atomic E-state index is -0.230. The third kappa shape index (κ3) is 1.44. The predicted octanol–water partition coefficient (Wildman–Crippen LogP) is 0.609. The quantitative estimate of drug-likeness (QED) is 0.762. The molecule has 0 aromatic carbocycles. The van der Waals surface area contributed by atoms with Crippen LogP contribution in [0.25, 0.3) is 5.52 Å². The molecule has 0 spiro atoms. The van der Waals surface area contributed by atoms with Gasteiger partial charge in [0.05, 0.1) is 11.8 Å². The summed E-state index contributed by atoms with van der Waals surface area (Å²) < 4.78 is 1.84. The molecule has 1 N–H and O–H groups in total. The number of hydrogen-bond donors (Lipinski definition) is 1. The maximum Gasteiger partial charge on any atom is 0.154 e. The van der Waals surface area contributed by atoms with E-state index < -0.39 is 0 Å². The van der Waals surface area contributed by atoms with Crippen LogP contribution >= 0.6 is 0 Å². The summed E-state index contributed by atoms with van der Waals surface area (Å²) in [6.45, 7) is 3.49. The predicted molar refractivity (Wildman–Crippen MR) is 60.6 cm³/mol. The molecule has 84 valence electrons. The van der Waals surface area contributed by atoms with Gasteiger partial charge in [-0.25, -0.2) is 9.50 Å². The largest absolute Gasteiger partial charge is 0.391 e. The summed E-state index contributed by atoms with van der Waals surface area (Å²) >= 11 is 0. The van der Waals surface area contributed by atoms with E-state index in [0.29, 0.717) is 6.54 Å². The maximum absolute atomic E-state index is 9.55. The van der Waals surface area contributed by atoms with Crippen molar-refractivity contribution in [2.45, 2.75) is 19.4 Å². The van der Waals surface area contributed by atoms with Gasteiger partial charge in [0.25, 0.3) is 0 Å². The van der Waals surface area contributed by atoms with Crippen LogP contribution in [0.5, 0.6) is 0 Å². The first kappa shape index (κ1) is 9.59. The average Bonchev–Trinajstić information content (AvgIpc) is 2.82. The van der Waals surface area contributed by atoms with Gasteiger partial charge in [0.1, 0.15) is 5.52 Å². The zero-order valence-corrected chi connectivity index (χ0v) is 9.17. The Labute approximate surface area is 93.3 Å². The Morgan fingerprint density at radius 3 is 3.12 bits per heavy atom. The van der Waals surface area contributed by atoms with Crippen LogP contribution in [0, 0.1) is 6.92 Å². The van der Waals surface area contributed by atoms with E-state index in [1.54, 1.807) is 6.20 Å². The lowest BCUT2D eigenvalue weighted by Crippen LogP contribution is -2.22. The van der Waals surface area contributed by atoms with Crippen LogP contribution in [0.2, 0.25) is 0 Å². The molecule has 3 rings (SSSR count). The van der Waals surface area contributed by atoms with Crippen LogP contribution in [0.1, 0.15) is 12.1 Å². The number of aromatic nitrogens is 3. The molecule has 5 nitrogen and oxygen atoms in total. The van der Waals surface area contributed by atoms with E-state index in [1.165, 1.54) is 0 Å². The molecule has 0 bridgehead atoms. The van der Waals surface area contributed by atoms with E-state index in [4.69, 9.17) is 0 Å². The molecule has 2 aromatic rings. The van der Waals surface area contributed by atoms with Crippen LogP contribution in [0.4, 0.5) is 5.82 Å². The summed E-state index contributed by atoms with van der Waals surface area (Å²) in [5, 5.41) is 13.9. The molecule has 0 saturated carbocycles. The van der Waals surface area contributed by atoms with Gasteiger partial charge in [-0.05, 0) is 19.4 Å². The Morgan fingerprint density at radius 1 is 1.50 bits per heavy atom. The molecule has 0 aliphatic carbocycles. The first-order valence-electron chi connectivity index (χ1n) is 5.48.